The molecule has 0 aliphatic carbocycles. The summed E-state index contributed by atoms with van der Waals surface area (Å²) in [6, 6.07) is 31.9. The average molecular weight is 339 g/mol. The van der Waals surface area contributed by atoms with Gasteiger partial charge < -0.3 is 0 Å². The van der Waals surface area contributed by atoms with Gasteiger partial charge in [0.15, 0.2) is 0 Å². The van der Waals surface area contributed by atoms with Gasteiger partial charge in [-0.05, 0) is 44.6 Å². The van der Waals surface area contributed by atoms with Crippen LogP contribution in [-0.4, -0.2) is 0 Å². The number of halogens is 1. The summed E-state index contributed by atoms with van der Waals surface area (Å²) in [4.78, 5) is 0. The highest BCUT2D eigenvalue weighted by atomic mass is 35.5. The molecule has 118 valence electrons. The molecule has 0 fully saturated rings. The van der Waals surface area contributed by atoms with Gasteiger partial charge in [0.25, 0.3) is 0 Å². The molecule has 0 radical (unpaired) electrons. The van der Waals surface area contributed by atoms with Crippen LogP contribution in [0.2, 0.25) is 5.02 Å². The third kappa shape index (κ3) is 2.22. The van der Waals surface area contributed by atoms with Crippen LogP contribution in [0.4, 0.5) is 0 Å². The highest BCUT2D eigenvalue weighted by Crippen LogP contribution is 2.42. The molecule has 0 aliphatic rings. The maximum Gasteiger partial charge on any atom is 0.0569 e. The van der Waals surface area contributed by atoms with E-state index >= 15 is 0 Å². The fourth-order valence-electron chi connectivity index (χ4n) is 3.72. The number of hydrogen-bond acceptors (Lipinski definition) is 0. The molecule has 0 spiro atoms. The van der Waals surface area contributed by atoms with Crippen molar-refractivity contribution in [2.75, 3.05) is 0 Å². The van der Waals surface area contributed by atoms with Crippen molar-refractivity contribution < 1.29 is 0 Å². The molecule has 0 saturated carbocycles. The predicted molar refractivity (Wildman–Crippen MR) is 109 cm³/mol. The molecular weight excluding hydrogens is 324 g/mol. The smallest absolute Gasteiger partial charge is 0.0569 e. The van der Waals surface area contributed by atoms with Gasteiger partial charge in [-0.2, -0.15) is 0 Å². The Morgan fingerprint density at radius 1 is 0.480 bits per heavy atom. The number of benzene rings is 5. The normalized spacial score (nSPS) is 11.4. The Morgan fingerprint density at radius 2 is 1.04 bits per heavy atom. The van der Waals surface area contributed by atoms with Gasteiger partial charge in [-0.3, -0.25) is 0 Å². The molecule has 0 bridgehead atoms. The van der Waals surface area contributed by atoms with Crippen molar-refractivity contribution in [3.8, 4) is 11.1 Å². The Morgan fingerprint density at radius 3 is 1.76 bits per heavy atom. The summed E-state index contributed by atoms with van der Waals surface area (Å²) in [5.74, 6) is 0. The minimum absolute atomic E-state index is 0.825. The molecular formula is C24H15Cl. The Bertz CT molecular complexity index is 1240. The summed E-state index contributed by atoms with van der Waals surface area (Å²) in [5, 5.41) is 8.03. The summed E-state index contributed by atoms with van der Waals surface area (Å²) >= 11 is 6.96. The largest absolute Gasteiger partial charge is 0.0830 e. The predicted octanol–water partition coefficient (Wildman–Crippen LogP) is 7.47. The fraction of sp³-hybridized carbons (Fsp3) is 0. The number of rotatable bonds is 1. The number of hydrogen-bond donors (Lipinski definition) is 0. The summed E-state index contributed by atoms with van der Waals surface area (Å²) in [5.41, 5.74) is 2.26. The van der Waals surface area contributed by atoms with Gasteiger partial charge in [-0.25, -0.2) is 0 Å². The molecule has 0 heterocycles. The van der Waals surface area contributed by atoms with Gasteiger partial charge in [0.1, 0.15) is 0 Å². The standard InChI is InChI=1S/C24H15Cl/c25-24-22-15-18-11-5-4-10-17(18)14-21(22)19-12-6-7-13-20(19)23(24)16-8-2-1-3-9-16/h1-15H. The Hall–Kier alpha value is -2.83. The molecule has 0 aliphatic heterocycles. The average Bonchev–Trinajstić information content (AvgIpc) is 2.68. The minimum Gasteiger partial charge on any atom is -0.0830 e. The maximum absolute atomic E-state index is 6.96. The first kappa shape index (κ1) is 14.5. The van der Waals surface area contributed by atoms with Crippen LogP contribution in [0, 0.1) is 0 Å². The molecule has 0 N–H and O–H groups in total. The number of fused-ring (bicyclic) bond motifs is 4. The lowest BCUT2D eigenvalue weighted by molar-refractivity contribution is 1.67. The van der Waals surface area contributed by atoms with Crippen LogP contribution >= 0.6 is 11.6 Å². The van der Waals surface area contributed by atoms with E-state index in [0.717, 1.165) is 21.5 Å². The first-order valence-electron chi connectivity index (χ1n) is 8.41. The molecule has 5 aromatic rings. The van der Waals surface area contributed by atoms with E-state index in [1.165, 1.54) is 26.9 Å². The molecule has 5 aromatic carbocycles. The SMILES string of the molecule is Clc1c(-c2ccccc2)c2ccccc2c2cc3ccccc3cc12. The van der Waals surface area contributed by atoms with Crippen LogP contribution in [-0.2, 0) is 0 Å². The van der Waals surface area contributed by atoms with Crippen LogP contribution in [0.25, 0.3) is 43.4 Å². The van der Waals surface area contributed by atoms with E-state index in [1.807, 2.05) is 6.07 Å². The van der Waals surface area contributed by atoms with E-state index in [9.17, 15) is 0 Å². The summed E-state index contributed by atoms with van der Waals surface area (Å²) in [7, 11) is 0. The fourth-order valence-corrected chi connectivity index (χ4v) is 4.09. The second kappa shape index (κ2) is 5.61. The molecule has 5 rings (SSSR count). The second-order valence-corrected chi connectivity index (χ2v) is 6.72. The van der Waals surface area contributed by atoms with Crippen LogP contribution in [0.3, 0.4) is 0 Å². The van der Waals surface area contributed by atoms with Crippen molar-refractivity contribution in [2.45, 2.75) is 0 Å². The van der Waals surface area contributed by atoms with Crippen molar-refractivity contribution in [2.24, 2.45) is 0 Å². The monoisotopic (exact) mass is 338 g/mol. The molecule has 0 atom stereocenters. The van der Waals surface area contributed by atoms with Gasteiger partial charge in [0.05, 0.1) is 5.02 Å². The molecule has 0 aromatic heterocycles. The van der Waals surface area contributed by atoms with E-state index in [0.29, 0.717) is 0 Å². The van der Waals surface area contributed by atoms with Crippen LogP contribution in [0.5, 0.6) is 0 Å². The van der Waals surface area contributed by atoms with Crippen molar-refractivity contribution in [1.29, 1.82) is 0 Å². The van der Waals surface area contributed by atoms with E-state index in [1.54, 1.807) is 0 Å². The lowest BCUT2D eigenvalue weighted by Crippen LogP contribution is -1.87. The van der Waals surface area contributed by atoms with Crippen LogP contribution in [0.15, 0.2) is 91.0 Å². The second-order valence-electron chi connectivity index (χ2n) is 6.35. The van der Waals surface area contributed by atoms with Gasteiger partial charge in [0.2, 0.25) is 0 Å². The van der Waals surface area contributed by atoms with E-state index in [4.69, 9.17) is 11.6 Å². The van der Waals surface area contributed by atoms with E-state index in [2.05, 4.69) is 84.9 Å². The Balaban J connectivity index is 2.03. The minimum atomic E-state index is 0.825. The summed E-state index contributed by atoms with van der Waals surface area (Å²) < 4.78 is 0. The molecule has 0 saturated heterocycles. The van der Waals surface area contributed by atoms with Crippen molar-refractivity contribution in [1.82, 2.24) is 0 Å². The molecule has 0 amide bonds. The zero-order valence-electron chi connectivity index (χ0n) is 13.5. The maximum atomic E-state index is 6.96. The molecule has 25 heavy (non-hydrogen) atoms. The first-order valence-corrected chi connectivity index (χ1v) is 8.79. The van der Waals surface area contributed by atoms with Crippen molar-refractivity contribution in [3.05, 3.63) is 96.0 Å². The van der Waals surface area contributed by atoms with E-state index < -0.39 is 0 Å². The first-order chi connectivity index (χ1) is 12.3. The topological polar surface area (TPSA) is 0 Å². The lowest BCUT2D eigenvalue weighted by atomic mass is 9.91. The zero-order chi connectivity index (χ0) is 16.8. The Kier molecular flexibility index (Phi) is 3.26. The summed E-state index contributed by atoms with van der Waals surface area (Å²) in [6.45, 7) is 0. The van der Waals surface area contributed by atoms with Crippen LogP contribution < -0.4 is 0 Å². The van der Waals surface area contributed by atoms with Gasteiger partial charge >= 0.3 is 0 Å². The molecule has 0 unspecified atom stereocenters. The van der Waals surface area contributed by atoms with Gasteiger partial charge in [-0.1, -0.05) is 90.5 Å². The quantitative estimate of drug-likeness (QED) is 0.220. The zero-order valence-corrected chi connectivity index (χ0v) is 14.3. The lowest BCUT2D eigenvalue weighted by Gasteiger charge is -2.15. The van der Waals surface area contributed by atoms with Gasteiger partial charge in [-0.15, -0.1) is 0 Å². The highest BCUT2D eigenvalue weighted by molar-refractivity contribution is 6.42. The van der Waals surface area contributed by atoms with Gasteiger partial charge in [0, 0.05) is 10.9 Å². The third-order valence-corrected chi connectivity index (χ3v) is 5.28. The third-order valence-electron chi connectivity index (χ3n) is 4.89. The highest BCUT2D eigenvalue weighted by Gasteiger charge is 2.14. The van der Waals surface area contributed by atoms with Crippen molar-refractivity contribution >= 4 is 43.9 Å². The Labute approximate surface area is 151 Å². The molecule has 1 heteroatoms. The summed E-state index contributed by atoms with van der Waals surface area (Å²) in [6.07, 6.45) is 0. The van der Waals surface area contributed by atoms with Crippen molar-refractivity contribution in [3.63, 3.8) is 0 Å². The molecule has 0 nitrogen and oxygen atoms in total. The van der Waals surface area contributed by atoms with E-state index in [-0.39, 0.29) is 0 Å². The van der Waals surface area contributed by atoms with Crippen LogP contribution in [0.1, 0.15) is 0 Å².